The summed E-state index contributed by atoms with van der Waals surface area (Å²) >= 11 is 0. The van der Waals surface area contributed by atoms with Crippen LogP contribution in [0.1, 0.15) is 68.7 Å². The molecule has 1 aliphatic carbocycles. The molecule has 0 aromatic rings. The van der Waals surface area contributed by atoms with Crippen molar-refractivity contribution in [2.75, 3.05) is 6.61 Å². The van der Waals surface area contributed by atoms with Crippen molar-refractivity contribution in [3.05, 3.63) is 0 Å². The highest BCUT2D eigenvalue weighted by Crippen LogP contribution is 2.44. The monoisotopic (exact) mass is 475 g/mol. The molecular weight excluding hydrogens is 426 g/mol. The summed E-state index contributed by atoms with van der Waals surface area (Å²) in [7, 11) is -4.27. The van der Waals surface area contributed by atoms with E-state index in [2.05, 4.69) is 73.0 Å². The molecular formula is C23H49NO5Si2. The third-order valence-electron chi connectivity index (χ3n) is 7.15. The van der Waals surface area contributed by atoms with Gasteiger partial charge in [-0.3, -0.25) is 0 Å². The molecule has 1 aliphatic rings. The number of nitrogens with one attached hydrogen (secondary N) is 1. The van der Waals surface area contributed by atoms with E-state index in [1.54, 1.807) is 0 Å². The highest BCUT2D eigenvalue weighted by atomic mass is 28.4. The zero-order valence-electron chi connectivity index (χ0n) is 22.3. The van der Waals surface area contributed by atoms with Gasteiger partial charge in [0.25, 0.3) is 0 Å². The second kappa shape index (κ2) is 9.45. The summed E-state index contributed by atoms with van der Waals surface area (Å²) in [5, 5.41) is 13.3. The van der Waals surface area contributed by atoms with E-state index in [1.165, 1.54) is 0 Å². The molecule has 4 atom stereocenters. The molecule has 1 rings (SSSR count). The molecule has 8 heteroatoms. The molecule has 1 amide bonds. The van der Waals surface area contributed by atoms with Gasteiger partial charge in [-0.1, -0.05) is 41.5 Å². The zero-order chi connectivity index (χ0) is 24.6. The van der Waals surface area contributed by atoms with Gasteiger partial charge in [-0.25, -0.2) is 4.79 Å². The van der Waals surface area contributed by atoms with Gasteiger partial charge >= 0.3 is 6.09 Å². The van der Waals surface area contributed by atoms with E-state index in [0.717, 1.165) is 0 Å². The lowest BCUT2D eigenvalue weighted by Gasteiger charge is -2.45. The normalized spacial score (nSPS) is 26.1. The van der Waals surface area contributed by atoms with Crippen LogP contribution < -0.4 is 5.32 Å². The molecule has 0 bridgehead atoms. The highest BCUT2D eigenvalue weighted by Gasteiger charge is 2.53. The number of aliphatic hydroxyl groups excluding tert-OH is 1. The maximum absolute atomic E-state index is 12.6. The van der Waals surface area contributed by atoms with Crippen LogP contribution in [0.4, 0.5) is 4.79 Å². The summed E-state index contributed by atoms with van der Waals surface area (Å²) < 4.78 is 19.2. The number of aliphatic hydroxyl groups is 1. The summed E-state index contributed by atoms with van der Waals surface area (Å²) in [6.07, 6.45) is -0.431. The van der Waals surface area contributed by atoms with Crippen LogP contribution in [-0.2, 0) is 13.6 Å². The van der Waals surface area contributed by atoms with E-state index in [9.17, 15) is 9.90 Å². The SMILES string of the molecule is CC(C)(C)OC(=O)N[C@@H]1C[C@H](CO)[C@@H](O[Si](C)(C)C(C)(C)C)[C@H]1O[Si](C)(C)C(C)(C)C. The van der Waals surface area contributed by atoms with Gasteiger partial charge in [-0.2, -0.15) is 0 Å². The largest absolute Gasteiger partial charge is 0.444 e. The summed E-state index contributed by atoms with van der Waals surface area (Å²) in [5.41, 5.74) is -0.577. The first kappa shape index (κ1) is 28.6. The number of hydrogen-bond donors (Lipinski definition) is 2. The lowest BCUT2D eigenvalue weighted by atomic mass is 10.1. The molecule has 1 saturated carbocycles. The van der Waals surface area contributed by atoms with Crippen LogP contribution in [0.15, 0.2) is 0 Å². The number of alkyl carbamates (subject to hydrolysis) is 1. The fourth-order valence-corrected chi connectivity index (χ4v) is 5.91. The topological polar surface area (TPSA) is 77.0 Å². The highest BCUT2D eigenvalue weighted by molar-refractivity contribution is 6.74. The van der Waals surface area contributed by atoms with Crippen molar-refractivity contribution in [1.82, 2.24) is 5.32 Å². The standard InChI is InChI=1S/C23H49NO5Si2/c1-21(2,3)27-20(26)24-17-14-16(15-25)18(28-30(10,11)22(4,5)6)19(17)29-31(12,13)23(7,8)9/h16-19,25H,14-15H2,1-13H3,(H,24,26)/t16-,17-,18-,19+/m1/s1. The minimum absolute atomic E-state index is 0.00312. The first-order valence-corrected chi connectivity index (χ1v) is 17.4. The van der Waals surface area contributed by atoms with Crippen LogP contribution in [0, 0.1) is 5.92 Å². The Hall–Kier alpha value is -0.416. The van der Waals surface area contributed by atoms with Gasteiger partial charge in [0.2, 0.25) is 0 Å². The third-order valence-corrected chi connectivity index (χ3v) is 16.1. The summed E-state index contributed by atoms with van der Waals surface area (Å²) in [5.74, 6) is -0.0937. The fourth-order valence-electron chi connectivity index (χ4n) is 3.22. The van der Waals surface area contributed by atoms with Crippen molar-refractivity contribution in [3.63, 3.8) is 0 Å². The lowest BCUT2D eigenvalue weighted by molar-refractivity contribution is 0.0106. The van der Waals surface area contributed by atoms with Crippen LogP contribution >= 0.6 is 0 Å². The van der Waals surface area contributed by atoms with E-state index in [1.807, 2.05) is 20.8 Å². The van der Waals surface area contributed by atoms with E-state index < -0.39 is 28.3 Å². The van der Waals surface area contributed by atoms with E-state index in [0.29, 0.717) is 6.42 Å². The van der Waals surface area contributed by atoms with E-state index >= 15 is 0 Å². The summed E-state index contributed by atoms with van der Waals surface area (Å²) in [6, 6.07) is -0.268. The molecule has 0 spiro atoms. The zero-order valence-corrected chi connectivity index (χ0v) is 24.3. The van der Waals surface area contributed by atoms with Crippen molar-refractivity contribution >= 4 is 22.7 Å². The number of hydrogen-bond acceptors (Lipinski definition) is 5. The van der Waals surface area contributed by atoms with Crippen molar-refractivity contribution in [1.29, 1.82) is 0 Å². The molecule has 184 valence electrons. The first-order chi connectivity index (χ1) is 13.6. The maximum Gasteiger partial charge on any atom is 0.407 e. The average molecular weight is 476 g/mol. The molecule has 0 unspecified atom stereocenters. The number of rotatable bonds is 6. The Morgan fingerprint density at radius 3 is 1.65 bits per heavy atom. The number of ether oxygens (including phenoxy) is 1. The predicted octanol–water partition coefficient (Wildman–Crippen LogP) is 5.67. The molecule has 31 heavy (non-hydrogen) atoms. The number of carbonyl (C=O) groups excluding carboxylic acids is 1. The Morgan fingerprint density at radius 2 is 1.29 bits per heavy atom. The van der Waals surface area contributed by atoms with E-state index in [-0.39, 0.29) is 40.9 Å². The van der Waals surface area contributed by atoms with E-state index in [4.69, 9.17) is 13.6 Å². The Bertz CT molecular complexity index is 617. The minimum atomic E-state index is -2.15. The van der Waals surface area contributed by atoms with Gasteiger partial charge in [0.1, 0.15) is 5.60 Å². The van der Waals surface area contributed by atoms with Crippen molar-refractivity contribution in [3.8, 4) is 0 Å². The molecule has 2 N–H and O–H groups in total. The quantitative estimate of drug-likeness (QED) is 0.484. The van der Waals surface area contributed by atoms with Crippen molar-refractivity contribution in [2.24, 2.45) is 5.92 Å². The summed E-state index contributed by atoms with van der Waals surface area (Å²) in [6.45, 7) is 27.7. The first-order valence-electron chi connectivity index (χ1n) is 11.6. The van der Waals surface area contributed by atoms with Crippen LogP contribution in [0.25, 0.3) is 0 Å². The molecule has 0 saturated heterocycles. The van der Waals surface area contributed by atoms with Crippen LogP contribution in [0.2, 0.25) is 36.3 Å². The number of carbonyl (C=O) groups is 1. The van der Waals surface area contributed by atoms with Gasteiger partial charge < -0.3 is 24.0 Å². The Kier molecular flexibility index (Phi) is 8.72. The predicted molar refractivity (Wildman–Crippen MR) is 132 cm³/mol. The molecule has 1 fully saturated rings. The number of amides is 1. The second-order valence-corrected chi connectivity index (χ2v) is 22.6. The van der Waals surface area contributed by atoms with Gasteiger partial charge in [0.05, 0.1) is 18.2 Å². The molecule has 0 aliphatic heterocycles. The fraction of sp³-hybridized carbons (Fsp3) is 0.957. The van der Waals surface area contributed by atoms with Gasteiger partial charge in [0, 0.05) is 12.5 Å². The minimum Gasteiger partial charge on any atom is -0.444 e. The van der Waals surface area contributed by atoms with Gasteiger partial charge in [-0.05, 0) is 63.5 Å². The Morgan fingerprint density at radius 1 is 0.871 bits per heavy atom. The smallest absolute Gasteiger partial charge is 0.407 e. The molecule has 0 radical (unpaired) electrons. The van der Waals surface area contributed by atoms with Crippen molar-refractivity contribution < 1.29 is 23.5 Å². The van der Waals surface area contributed by atoms with Crippen LogP contribution in [0.5, 0.6) is 0 Å². The molecule has 0 heterocycles. The van der Waals surface area contributed by atoms with Crippen LogP contribution in [0.3, 0.4) is 0 Å². The third kappa shape index (κ3) is 7.55. The van der Waals surface area contributed by atoms with Gasteiger partial charge in [-0.15, -0.1) is 0 Å². The summed E-state index contributed by atoms with van der Waals surface area (Å²) in [4.78, 5) is 12.6. The lowest BCUT2D eigenvalue weighted by Crippen LogP contribution is -2.56. The van der Waals surface area contributed by atoms with Gasteiger partial charge in [0.15, 0.2) is 16.6 Å². The Balaban J connectivity index is 3.29. The molecule has 6 nitrogen and oxygen atoms in total. The van der Waals surface area contributed by atoms with Crippen molar-refractivity contribution in [2.45, 2.75) is 129 Å². The molecule has 0 aromatic heterocycles. The molecule has 0 aromatic carbocycles. The Labute approximate surface area is 193 Å². The average Bonchev–Trinajstić information content (AvgIpc) is 2.79. The van der Waals surface area contributed by atoms with Crippen LogP contribution in [-0.4, -0.2) is 58.3 Å². The maximum atomic E-state index is 12.6. The second-order valence-electron chi connectivity index (χ2n) is 13.1.